The number of carbonyl (C=O) groups excluding carboxylic acids is 1. The van der Waals surface area contributed by atoms with Gasteiger partial charge < -0.3 is 19.5 Å². The maximum absolute atomic E-state index is 12.1. The molecule has 6 nitrogen and oxygen atoms in total. The number of pyridine rings is 1. The number of methoxy groups -OCH3 is 3. The van der Waals surface area contributed by atoms with E-state index in [-0.39, 0.29) is 12.3 Å². The van der Waals surface area contributed by atoms with Gasteiger partial charge >= 0.3 is 0 Å². The molecule has 6 heteroatoms. The lowest BCUT2D eigenvalue weighted by molar-refractivity contribution is -0.120. The first kappa shape index (κ1) is 16.6. The molecule has 0 aliphatic heterocycles. The van der Waals surface area contributed by atoms with Crippen molar-refractivity contribution in [1.82, 2.24) is 10.3 Å². The van der Waals surface area contributed by atoms with Gasteiger partial charge in [-0.1, -0.05) is 0 Å². The van der Waals surface area contributed by atoms with E-state index in [0.717, 1.165) is 11.1 Å². The third-order valence-electron chi connectivity index (χ3n) is 3.33. The summed E-state index contributed by atoms with van der Waals surface area (Å²) in [6.07, 6.45) is 3.61. The van der Waals surface area contributed by atoms with Crippen molar-refractivity contribution in [1.29, 1.82) is 0 Å². The van der Waals surface area contributed by atoms with E-state index in [1.807, 2.05) is 12.1 Å². The van der Waals surface area contributed by atoms with E-state index in [2.05, 4.69) is 10.3 Å². The summed E-state index contributed by atoms with van der Waals surface area (Å²) in [6, 6.07) is 7.26. The van der Waals surface area contributed by atoms with Gasteiger partial charge in [0.1, 0.15) is 0 Å². The molecule has 0 atom stereocenters. The molecule has 1 heterocycles. The van der Waals surface area contributed by atoms with E-state index in [0.29, 0.717) is 23.8 Å². The summed E-state index contributed by atoms with van der Waals surface area (Å²) in [5, 5.41) is 2.87. The lowest BCUT2D eigenvalue weighted by Crippen LogP contribution is -2.24. The minimum Gasteiger partial charge on any atom is -0.493 e. The van der Waals surface area contributed by atoms with Crippen LogP contribution in [0.1, 0.15) is 11.1 Å². The number of carbonyl (C=O) groups is 1. The van der Waals surface area contributed by atoms with Gasteiger partial charge in [-0.3, -0.25) is 9.78 Å². The van der Waals surface area contributed by atoms with Gasteiger partial charge in [0.25, 0.3) is 0 Å². The van der Waals surface area contributed by atoms with Crippen molar-refractivity contribution >= 4 is 5.91 Å². The molecule has 122 valence electrons. The number of rotatable bonds is 7. The Bertz CT molecular complexity index is 634. The maximum Gasteiger partial charge on any atom is 0.224 e. The molecule has 1 aromatic carbocycles. The molecule has 0 saturated carbocycles. The molecule has 23 heavy (non-hydrogen) atoms. The summed E-state index contributed by atoms with van der Waals surface area (Å²) >= 11 is 0. The third kappa shape index (κ3) is 4.35. The molecule has 0 fully saturated rings. The first-order valence-corrected chi connectivity index (χ1v) is 7.12. The fraction of sp³-hybridized carbons (Fsp3) is 0.294. The molecule has 1 amide bonds. The Balaban J connectivity index is 2.05. The Labute approximate surface area is 135 Å². The molecule has 0 bridgehead atoms. The van der Waals surface area contributed by atoms with Gasteiger partial charge in [-0.25, -0.2) is 0 Å². The topological polar surface area (TPSA) is 69.7 Å². The molecule has 0 radical (unpaired) electrons. The highest BCUT2D eigenvalue weighted by atomic mass is 16.5. The van der Waals surface area contributed by atoms with Gasteiger partial charge in [0.05, 0.1) is 27.8 Å². The number of hydrogen-bond acceptors (Lipinski definition) is 5. The number of ether oxygens (including phenoxy) is 3. The van der Waals surface area contributed by atoms with Crippen molar-refractivity contribution in [3.63, 3.8) is 0 Å². The van der Waals surface area contributed by atoms with Crippen molar-refractivity contribution in [3.8, 4) is 17.2 Å². The fourth-order valence-corrected chi connectivity index (χ4v) is 2.19. The van der Waals surface area contributed by atoms with Crippen LogP contribution < -0.4 is 19.5 Å². The van der Waals surface area contributed by atoms with Crippen LogP contribution in [0.25, 0.3) is 0 Å². The molecule has 2 rings (SSSR count). The largest absolute Gasteiger partial charge is 0.493 e. The number of nitrogens with one attached hydrogen (secondary N) is 1. The van der Waals surface area contributed by atoms with Crippen molar-refractivity contribution in [2.24, 2.45) is 0 Å². The lowest BCUT2D eigenvalue weighted by Gasteiger charge is -2.14. The SMILES string of the molecule is COc1cc(CC(=O)NCc2ccncc2)cc(OC)c1OC. The number of aromatic nitrogens is 1. The van der Waals surface area contributed by atoms with Crippen LogP contribution in [0.3, 0.4) is 0 Å². The molecule has 2 aromatic rings. The zero-order chi connectivity index (χ0) is 16.7. The average Bonchev–Trinajstić information content (AvgIpc) is 2.59. The highest BCUT2D eigenvalue weighted by molar-refractivity contribution is 5.79. The van der Waals surface area contributed by atoms with Gasteiger partial charge in [0.2, 0.25) is 11.7 Å². The highest BCUT2D eigenvalue weighted by Gasteiger charge is 2.14. The standard InChI is InChI=1S/C17H20N2O4/c1-21-14-8-13(9-15(22-2)17(14)23-3)10-16(20)19-11-12-4-6-18-7-5-12/h4-9H,10-11H2,1-3H3,(H,19,20). The van der Waals surface area contributed by atoms with Gasteiger partial charge in [-0.2, -0.15) is 0 Å². The van der Waals surface area contributed by atoms with E-state index < -0.39 is 0 Å². The second-order valence-corrected chi connectivity index (χ2v) is 4.84. The molecular weight excluding hydrogens is 296 g/mol. The monoisotopic (exact) mass is 316 g/mol. The zero-order valence-electron chi connectivity index (χ0n) is 13.5. The summed E-state index contributed by atoms with van der Waals surface area (Å²) in [6.45, 7) is 0.464. The average molecular weight is 316 g/mol. The smallest absolute Gasteiger partial charge is 0.224 e. The fourth-order valence-electron chi connectivity index (χ4n) is 2.19. The van der Waals surface area contributed by atoms with Crippen molar-refractivity contribution in [3.05, 3.63) is 47.8 Å². The molecule has 1 aromatic heterocycles. The predicted octanol–water partition coefficient (Wildman–Crippen LogP) is 1.97. The second-order valence-electron chi connectivity index (χ2n) is 4.84. The van der Waals surface area contributed by atoms with Gasteiger partial charge in [0, 0.05) is 18.9 Å². The summed E-state index contributed by atoms with van der Waals surface area (Å²) in [7, 11) is 4.64. The molecule has 0 spiro atoms. The Kier molecular flexibility index (Phi) is 5.80. The second kappa shape index (κ2) is 8.03. The first-order valence-electron chi connectivity index (χ1n) is 7.12. The van der Waals surface area contributed by atoms with Crippen LogP contribution in [0, 0.1) is 0 Å². The molecule has 0 saturated heterocycles. The van der Waals surface area contributed by atoms with E-state index >= 15 is 0 Å². The van der Waals surface area contributed by atoms with Gasteiger partial charge in [-0.15, -0.1) is 0 Å². The van der Waals surface area contributed by atoms with E-state index in [9.17, 15) is 4.79 Å². The predicted molar refractivity (Wildman–Crippen MR) is 85.9 cm³/mol. The first-order chi connectivity index (χ1) is 11.2. The van der Waals surface area contributed by atoms with Crippen LogP contribution in [0.5, 0.6) is 17.2 Å². The van der Waals surface area contributed by atoms with Crippen LogP contribution in [-0.2, 0) is 17.8 Å². The van der Waals surface area contributed by atoms with Gasteiger partial charge in [0.15, 0.2) is 11.5 Å². The Morgan fingerprint density at radius 2 is 1.61 bits per heavy atom. The number of nitrogens with zero attached hydrogens (tertiary/aromatic N) is 1. The van der Waals surface area contributed by atoms with Crippen molar-refractivity contribution in [2.75, 3.05) is 21.3 Å². The Morgan fingerprint density at radius 3 is 2.13 bits per heavy atom. The zero-order valence-corrected chi connectivity index (χ0v) is 13.5. The van der Waals surface area contributed by atoms with E-state index in [1.165, 1.54) is 0 Å². The van der Waals surface area contributed by atoms with Crippen LogP contribution in [0.4, 0.5) is 0 Å². The normalized spacial score (nSPS) is 10.0. The van der Waals surface area contributed by atoms with E-state index in [1.54, 1.807) is 45.9 Å². The van der Waals surface area contributed by atoms with E-state index in [4.69, 9.17) is 14.2 Å². The van der Waals surface area contributed by atoms with Crippen LogP contribution >= 0.6 is 0 Å². The number of amides is 1. The van der Waals surface area contributed by atoms with Crippen LogP contribution in [-0.4, -0.2) is 32.2 Å². The maximum atomic E-state index is 12.1. The van der Waals surface area contributed by atoms with Crippen LogP contribution in [0.2, 0.25) is 0 Å². The Morgan fingerprint density at radius 1 is 1.00 bits per heavy atom. The molecule has 0 unspecified atom stereocenters. The summed E-state index contributed by atoms with van der Waals surface area (Å²) < 4.78 is 15.8. The van der Waals surface area contributed by atoms with Crippen LogP contribution in [0.15, 0.2) is 36.7 Å². The number of hydrogen-bond donors (Lipinski definition) is 1. The molecule has 0 aliphatic rings. The minimum absolute atomic E-state index is 0.0870. The quantitative estimate of drug-likeness (QED) is 0.845. The van der Waals surface area contributed by atoms with Crippen molar-refractivity contribution < 1.29 is 19.0 Å². The molecular formula is C17H20N2O4. The number of benzene rings is 1. The summed E-state index contributed by atoms with van der Waals surface area (Å²) in [5.74, 6) is 1.49. The summed E-state index contributed by atoms with van der Waals surface area (Å²) in [4.78, 5) is 16.0. The van der Waals surface area contributed by atoms with Crippen molar-refractivity contribution in [2.45, 2.75) is 13.0 Å². The van der Waals surface area contributed by atoms with Gasteiger partial charge in [-0.05, 0) is 35.4 Å². The Hall–Kier alpha value is -2.76. The molecule has 0 aliphatic carbocycles. The highest BCUT2D eigenvalue weighted by Crippen LogP contribution is 2.38. The third-order valence-corrected chi connectivity index (χ3v) is 3.33. The minimum atomic E-state index is -0.0870. The summed E-state index contributed by atoms with van der Waals surface area (Å²) in [5.41, 5.74) is 1.78. The lowest BCUT2D eigenvalue weighted by atomic mass is 10.1. The molecule has 1 N–H and O–H groups in total.